The molecular formula is C24H20BrN3O3S2. The number of benzene rings is 2. The fourth-order valence-electron chi connectivity index (χ4n) is 3.14. The van der Waals surface area contributed by atoms with Gasteiger partial charge in [0.05, 0.1) is 22.8 Å². The van der Waals surface area contributed by atoms with Gasteiger partial charge in [0.15, 0.2) is 0 Å². The first-order valence-electron chi connectivity index (χ1n) is 10.1. The van der Waals surface area contributed by atoms with Gasteiger partial charge in [0.1, 0.15) is 16.2 Å². The number of amides is 1. The van der Waals surface area contributed by atoms with E-state index in [4.69, 9.17) is 4.74 Å². The first-order chi connectivity index (χ1) is 15.9. The topological polar surface area (TPSA) is 81.2 Å². The number of ether oxygens (including phenoxy) is 1. The average molecular weight is 542 g/mol. The van der Waals surface area contributed by atoms with Gasteiger partial charge < -0.3 is 10.1 Å². The van der Waals surface area contributed by atoms with Crippen molar-refractivity contribution in [2.24, 2.45) is 0 Å². The Morgan fingerprint density at radius 3 is 2.70 bits per heavy atom. The highest BCUT2D eigenvalue weighted by Gasteiger charge is 2.15. The van der Waals surface area contributed by atoms with Gasteiger partial charge in [-0.1, -0.05) is 45.9 Å². The molecule has 0 fully saturated rings. The van der Waals surface area contributed by atoms with E-state index in [9.17, 15) is 9.59 Å². The molecule has 2 aromatic carbocycles. The highest BCUT2D eigenvalue weighted by atomic mass is 79.9. The fourth-order valence-corrected chi connectivity index (χ4v) is 5.19. The quantitative estimate of drug-likeness (QED) is 0.165. The number of aromatic nitrogens is 2. The maximum Gasteiger partial charge on any atom is 0.338 e. The number of thiophene rings is 1. The zero-order chi connectivity index (χ0) is 23.4. The second-order valence-electron chi connectivity index (χ2n) is 7.39. The van der Waals surface area contributed by atoms with Crippen LogP contribution in [0.2, 0.25) is 0 Å². The Morgan fingerprint density at radius 2 is 1.94 bits per heavy atom. The van der Waals surface area contributed by atoms with Gasteiger partial charge in [0.25, 0.3) is 0 Å². The number of carbonyl (C=O) groups is 2. The smallest absolute Gasteiger partial charge is 0.338 e. The van der Waals surface area contributed by atoms with Gasteiger partial charge in [-0.3, -0.25) is 4.79 Å². The molecule has 168 valence electrons. The Morgan fingerprint density at radius 1 is 1.15 bits per heavy atom. The van der Waals surface area contributed by atoms with Crippen molar-refractivity contribution in [3.63, 3.8) is 0 Å². The zero-order valence-electron chi connectivity index (χ0n) is 17.9. The van der Waals surface area contributed by atoms with Crippen molar-refractivity contribution in [3.8, 4) is 11.1 Å². The number of anilines is 1. The molecule has 4 aromatic rings. The van der Waals surface area contributed by atoms with Crippen LogP contribution in [0.3, 0.4) is 0 Å². The third kappa shape index (κ3) is 5.79. The van der Waals surface area contributed by atoms with Crippen LogP contribution < -0.4 is 5.32 Å². The zero-order valence-corrected chi connectivity index (χ0v) is 21.1. The van der Waals surface area contributed by atoms with Crippen molar-refractivity contribution < 1.29 is 14.3 Å². The van der Waals surface area contributed by atoms with Crippen molar-refractivity contribution >= 4 is 66.8 Å². The van der Waals surface area contributed by atoms with Crippen molar-refractivity contribution in [2.75, 3.05) is 11.1 Å². The van der Waals surface area contributed by atoms with Crippen LogP contribution in [0.4, 0.5) is 5.69 Å². The number of thioether (sulfide) groups is 1. The van der Waals surface area contributed by atoms with Gasteiger partial charge in [0.2, 0.25) is 5.91 Å². The first-order valence-corrected chi connectivity index (χ1v) is 12.8. The van der Waals surface area contributed by atoms with Crippen LogP contribution in [0.15, 0.2) is 69.7 Å². The van der Waals surface area contributed by atoms with E-state index in [0.29, 0.717) is 11.3 Å². The molecule has 1 amide bonds. The molecular weight excluding hydrogens is 522 g/mol. The molecule has 6 nitrogen and oxygen atoms in total. The summed E-state index contributed by atoms with van der Waals surface area (Å²) in [4.78, 5) is 34.4. The van der Waals surface area contributed by atoms with Gasteiger partial charge in [-0.25, -0.2) is 14.8 Å². The molecule has 0 bridgehead atoms. The lowest BCUT2D eigenvalue weighted by molar-refractivity contribution is -0.113. The standard InChI is InChI=1S/C24H20BrN3O3S2/c1-14(2)31-24(30)16-4-3-5-18(10-16)28-20(29)12-33-23-21-19(11-32-22(21)26-13-27-23)15-6-8-17(25)9-7-15/h3-11,13-14H,12H2,1-2H3,(H,28,29). The molecule has 0 aliphatic heterocycles. The summed E-state index contributed by atoms with van der Waals surface area (Å²) in [5.74, 6) is -0.444. The third-order valence-corrected chi connectivity index (χ3v) is 6.96. The summed E-state index contributed by atoms with van der Waals surface area (Å²) >= 11 is 6.37. The minimum absolute atomic E-state index is 0.169. The van der Waals surface area contributed by atoms with Crippen LogP contribution in [-0.4, -0.2) is 33.7 Å². The van der Waals surface area contributed by atoms with Gasteiger partial charge in [-0.2, -0.15) is 0 Å². The fraction of sp³-hybridized carbons (Fsp3) is 0.167. The molecule has 33 heavy (non-hydrogen) atoms. The predicted molar refractivity (Wildman–Crippen MR) is 137 cm³/mol. The second kappa shape index (κ2) is 10.5. The molecule has 2 heterocycles. The van der Waals surface area contributed by atoms with E-state index < -0.39 is 5.97 Å². The number of nitrogens with one attached hydrogen (secondary N) is 1. The summed E-state index contributed by atoms with van der Waals surface area (Å²) in [6.07, 6.45) is 1.31. The normalized spacial score (nSPS) is 11.0. The van der Waals surface area contributed by atoms with Crippen molar-refractivity contribution in [2.45, 2.75) is 25.0 Å². The maximum absolute atomic E-state index is 12.6. The van der Waals surface area contributed by atoms with E-state index in [0.717, 1.165) is 30.8 Å². The lowest BCUT2D eigenvalue weighted by atomic mass is 10.1. The van der Waals surface area contributed by atoms with Crippen LogP contribution in [0, 0.1) is 0 Å². The van der Waals surface area contributed by atoms with Crippen molar-refractivity contribution in [1.82, 2.24) is 9.97 Å². The molecule has 0 saturated carbocycles. The van der Waals surface area contributed by atoms with Gasteiger partial charge in [-0.15, -0.1) is 11.3 Å². The number of esters is 1. The first kappa shape index (κ1) is 23.4. The van der Waals surface area contributed by atoms with E-state index in [1.54, 1.807) is 49.4 Å². The lowest BCUT2D eigenvalue weighted by Gasteiger charge is -2.10. The molecule has 9 heteroatoms. The van der Waals surface area contributed by atoms with Crippen LogP contribution in [-0.2, 0) is 9.53 Å². The number of rotatable bonds is 7. The molecule has 0 unspecified atom stereocenters. The average Bonchev–Trinajstić information content (AvgIpc) is 3.23. The summed E-state index contributed by atoms with van der Waals surface area (Å²) in [5, 5.41) is 6.60. The Hall–Kier alpha value is -2.75. The minimum atomic E-state index is -0.420. The van der Waals surface area contributed by atoms with E-state index in [1.807, 2.05) is 24.3 Å². The molecule has 0 aliphatic rings. The summed E-state index contributed by atoms with van der Waals surface area (Å²) in [6.45, 7) is 3.58. The second-order valence-corrected chi connectivity index (χ2v) is 10.1. The summed E-state index contributed by atoms with van der Waals surface area (Å²) < 4.78 is 6.23. The monoisotopic (exact) mass is 541 g/mol. The molecule has 2 aromatic heterocycles. The molecule has 0 aliphatic carbocycles. The highest BCUT2D eigenvalue weighted by molar-refractivity contribution is 9.10. The predicted octanol–water partition coefficient (Wildman–Crippen LogP) is 6.42. The van der Waals surface area contributed by atoms with Crippen LogP contribution in [0.1, 0.15) is 24.2 Å². The molecule has 4 rings (SSSR count). The lowest BCUT2D eigenvalue weighted by Crippen LogP contribution is -2.15. The number of hydrogen-bond acceptors (Lipinski definition) is 7. The molecule has 0 saturated heterocycles. The highest BCUT2D eigenvalue weighted by Crippen LogP contribution is 2.38. The van der Waals surface area contributed by atoms with E-state index >= 15 is 0 Å². The number of fused-ring (bicyclic) bond motifs is 1. The minimum Gasteiger partial charge on any atom is -0.459 e. The Bertz CT molecular complexity index is 1310. The number of hydrogen-bond donors (Lipinski definition) is 1. The van der Waals surface area contributed by atoms with Crippen LogP contribution >= 0.6 is 39.0 Å². The molecule has 1 N–H and O–H groups in total. The van der Waals surface area contributed by atoms with Crippen LogP contribution in [0.25, 0.3) is 21.3 Å². The third-order valence-electron chi connectivity index (χ3n) is 4.56. The largest absolute Gasteiger partial charge is 0.459 e. The molecule has 0 spiro atoms. The number of halogens is 1. The van der Waals surface area contributed by atoms with E-state index in [2.05, 4.69) is 36.6 Å². The van der Waals surface area contributed by atoms with E-state index in [1.165, 1.54) is 18.1 Å². The van der Waals surface area contributed by atoms with Crippen molar-refractivity contribution in [3.05, 3.63) is 70.3 Å². The summed E-state index contributed by atoms with van der Waals surface area (Å²) in [7, 11) is 0. The van der Waals surface area contributed by atoms with Gasteiger partial charge >= 0.3 is 5.97 Å². The van der Waals surface area contributed by atoms with Crippen LogP contribution in [0.5, 0.6) is 0 Å². The Balaban J connectivity index is 1.48. The Kier molecular flexibility index (Phi) is 7.42. The number of nitrogens with zero attached hydrogens (tertiary/aromatic N) is 2. The Labute approximate surface area is 207 Å². The van der Waals surface area contributed by atoms with Crippen molar-refractivity contribution in [1.29, 1.82) is 0 Å². The summed E-state index contributed by atoms with van der Waals surface area (Å²) in [5.41, 5.74) is 3.04. The van der Waals surface area contributed by atoms with E-state index in [-0.39, 0.29) is 17.8 Å². The van der Waals surface area contributed by atoms with Gasteiger partial charge in [-0.05, 0) is 49.7 Å². The SMILES string of the molecule is CC(C)OC(=O)c1cccc(NC(=O)CSc2ncnc3scc(-c4ccc(Br)cc4)c23)c1. The number of carbonyl (C=O) groups excluding carboxylic acids is 2. The molecule has 0 radical (unpaired) electrons. The maximum atomic E-state index is 12.6. The summed E-state index contributed by atoms with van der Waals surface area (Å²) in [6, 6.07) is 14.8. The molecule has 0 atom stereocenters. The van der Waals surface area contributed by atoms with Gasteiger partial charge in [0, 0.05) is 21.1 Å².